The molecule has 3 aromatic carbocycles. The minimum atomic E-state index is -0.465. The summed E-state index contributed by atoms with van der Waals surface area (Å²) in [7, 11) is 0. The molecule has 33 heavy (non-hydrogen) atoms. The summed E-state index contributed by atoms with van der Waals surface area (Å²) in [5.74, 6) is -0.808. The fraction of sp³-hybridized carbons (Fsp3) is 0.143. The SMILES string of the molecule is C=C(C)C(=O)OCCc1ccc(-c2ccc(-c3ccc(OC(=O)C(=C)C)cc3)cc2)c(F)c1. The average molecular weight is 445 g/mol. The fourth-order valence-corrected chi connectivity index (χ4v) is 3.08. The average Bonchev–Trinajstić information content (AvgIpc) is 2.79. The van der Waals surface area contributed by atoms with E-state index in [1.54, 1.807) is 32.0 Å². The van der Waals surface area contributed by atoms with E-state index in [1.807, 2.05) is 42.5 Å². The van der Waals surface area contributed by atoms with Gasteiger partial charge in [0.25, 0.3) is 0 Å². The van der Waals surface area contributed by atoms with Crippen LogP contribution in [0.1, 0.15) is 19.4 Å². The molecule has 0 bridgehead atoms. The zero-order chi connectivity index (χ0) is 24.0. The first kappa shape index (κ1) is 23.7. The summed E-state index contributed by atoms with van der Waals surface area (Å²) in [5, 5.41) is 0. The molecule has 3 aromatic rings. The van der Waals surface area contributed by atoms with Gasteiger partial charge in [0.15, 0.2) is 0 Å². The molecular formula is C28H25FO4. The molecule has 168 valence electrons. The number of carbonyl (C=O) groups is 2. The third-order valence-corrected chi connectivity index (χ3v) is 4.95. The smallest absolute Gasteiger partial charge is 0.338 e. The van der Waals surface area contributed by atoms with E-state index in [0.717, 1.165) is 22.3 Å². The Morgan fingerprint density at radius 1 is 0.788 bits per heavy atom. The third kappa shape index (κ3) is 6.26. The fourth-order valence-electron chi connectivity index (χ4n) is 3.08. The molecule has 0 aromatic heterocycles. The number of rotatable bonds is 8. The lowest BCUT2D eigenvalue weighted by Gasteiger charge is -2.09. The van der Waals surface area contributed by atoms with Crippen LogP contribution in [-0.2, 0) is 20.7 Å². The van der Waals surface area contributed by atoms with Crippen molar-refractivity contribution in [1.29, 1.82) is 0 Å². The number of ether oxygens (including phenoxy) is 2. The highest BCUT2D eigenvalue weighted by Crippen LogP contribution is 2.28. The maximum atomic E-state index is 14.7. The van der Waals surface area contributed by atoms with Crippen molar-refractivity contribution < 1.29 is 23.5 Å². The summed E-state index contributed by atoms with van der Waals surface area (Å²) < 4.78 is 25.0. The second-order valence-electron chi connectivity index (χ2n) is 7.75. The molecule has 3 rings (SSSR count). The molecule has 0 saturated heterocycles. The first-order chi connectivity index (χ1) is 15.7. The molecule has 0 N–H and O–H groups in total. The zero-order valence-corrected chi connectivity index (χ0v) is 18.7. The van der Waals surface area contributed by atoms with Crippen LogP contribution >= 0.6 is 0 Å². The molecule has 0 fully saturated rings. The van der Waals surface area contributed by atoms with Gasteiger partial charge in [0.05, 0.1) is 6.61 Å². The van der Waals surface area contributed by atoms with Crippen LogP contribution in [0.4, 0.5) is 4.39 Å². The highest BCUT2D eigenvalue weighted by atomic mass is 19.1. The summed E-state index contributed by atoms with van der Waals surface area (Å²) in [6, 6.07) is 19.7. The van der Waals surface area contributed by atoms with E-state index in [9.17, 15) is 14.0 Å². The summed E-state index contributed by atoms with van der Waals surface area (Å²) in [6.45, 7) is 10.4. The maximum absolute atomic E-state index is 14.7. The quantitative estimate of drug-likeness (QED) is 0.232. The molecule has 4 nitrogen and oxygen atoms in total. The van der Waals surface area contributed by atoms with Crippen LogP contribution in [0.2, 0.25) is 0 Å². The van der Waals surface area contributed by atoms with Gasteiger partial charge in [0, 0.05) is 23.1 Å². The standard InChI is InChI=1S/C28H25FO4/c1-18(2)27(30)32-16-15-20-5-14-25(26(29)17-20)23-8-6-21(7-9-23)22-10-12-24(13-11-22)33-28(31)19(3)4/h5-14,17H,1,3,15-16H2,2,4H3. The van der Waals surface area contributed by atoms with E-state index in [0.29, 0.717) is 28.9 Å². The van der Waals surface area contributed by atoms with Crippen LogP contribution in [0.15, 0.2) is 91.0 Å². The van der Waals surface area contributed by atoms with Crippen LogP contribution in [0.3, 0.4) is 0 Å². The van der Waals surface area contributed by atoms with Gasteiger partial charge >= 0.3 is 11.9 Å². The summed E-state index contributed by atoms with van der Waals surface area (Å²) in [6.07, 6.45) is 0.423. The van der Waals surface area contributed by atoms with E-state index in [2.05, 4.69) is 13.2 Å². The first-order valence-electron chi connectivity index (χ1n) is 10.4. The van der Waals surface area contributed by atoms with E-state index in [-0.39, 0.29) is 12.4 Å². The Bertz CT molecular complexity index is 1190. The molecule has 0 atom stereocenters. The molecule has 0 heterocycles. The highest BCUT2D eigenvalue weighted by molar-refractivity contribution is 5.89. The normalized spacial score (nSPS) is 10.4. The van der Waals surface area contributed by atoms with Gasteiger partial charge < -0.3 is 9.47 Å². The first-order valence-corrected chi connectivity index (χ1v) is 10.4. The van der Waals surface area contributed by atoms with Gasteiger partial charge in [0.2, 0.25) is 0 Å². The predicted molar refractivity (Wildman–Crippen MR) is 127 cm³/mol. The molecular weight excluding hydrogens is 419 g/mol. The molecule has 0 aliphatic heterocycles. The van der Waals surface area contributed by atoms with Gasteiger partial charge in [-0.2, -0.15) is 0 Å². The molecule has 0 unspecified atom stereocenters. The van der Waals surface area contributed by atoms with Crippen molar-refractivity contribution >= 4 is 11.9 Å². The third-order valence-electron chi connectivity index (χ3n) is 4.95. The Morgan fingerprint density at radius 2 is 1.33 bits per heavy atom. The minimum Gasteiger partial charge on any atom is -0.462 e. The molecule has 0 aliphatic carbocycles. The number of benzene rings is 3. The van der Waals surface area contributed by atoms with Crippen molar-refractivity contribution in [2.45, 2.75) is 20.3 Å². The number of hydrogen-bond donors (Lipinski definition) is 0. The lowest BCUT2D eigenvalue weighted by Crippen LogP contribution is -2.08. The Labute approximate surface area is 193 Å². The van der Waals surface area contributed by atoms with E-state index < -0.39 is 11.9 Å². The van der Waals surface area contributed by atoms with Crippen LogP contribution in [0.25, 0.3) is 22.3 Å². The number of carbonyl (C=O) groups excluding carboxylic acids is 2. The van der Waals surface area contributed by atoms with Gasteiger partial charge in [0.1, 0.15) is 11.6 Å². The maximum Gasteiger partial charge on any atom is 0.338 e. The van der Waals surface area contributed by atoms with Gasteiger partial charge in [-0.1, -0.05) is 61.7 Å². The zero-order valence-electron chi connectivity index (χ0n) is 18.7. The van der Waals surface area contributed by atoms with Crippen LogP contribution in [0, 0.1) is 5.82 Å². The Morgan fingerprint density at radius 3 is 1.88 bits per heavy atom. The molecule has 0 saturated carbocycles. The van der Waals surface area contributed by atoms with E-state index >= 15 is 0 Å². The van der Waals surface area contributed by atoms with Gasteiger partial charge in [-0.15, -0.1) is 0 Å². The van der Waals surface area contributed by atoms with Gasteiger partial charge in [-0.3, -0.25) is 0 Å². The Hall–Kier alpha value is -3.99. The van der Waals surface area contributed by atoms with Gasteiger partial charge in [-0.05, 0) is 54.3 Å². The molecule has 0 radical (unpaired) electrons. The predicted octanol–water partition coefficient (Wildman–Crippen LogP) is 6.30. The second-order valence-corrected chi connectivity index (χ2v) is 7.75. The summed E-state index contributed by atoms with van der Waals surface area (Å²) in [4.78, 5) is 23.0. The number of halogens is 1. The molecule has 0 amide bonds. The van der Waals surface area contributed by atoms with Crippen LogP contribution < -0.4 is 4.74 Å². The van der Waals surface area contributed by atoms with Crippen molar-refractivity contribution in [2.24, 2.45) is 0 Å². The van der Waals surface area contributed by atoms with Crippen molar-refractivity contribution in [3.05, 3.63) is 102 Å². The minimum absolute atomic E-state index is 0.171. The van der Waals surface area contributed by atoms with Crippen molar-refractivity contribution in [2.75, 3.05) is 6.61 Å². The lowest BCUT2D eigenvalue weighted by atomic mass is 9.98. The largest absolute Gasteiger partial charge is 0.462 e. The summed E-state index contributed by atoms with van der Waals surface area (Å²) in [5.41, 5.74) is 4.55. The van der Waals surface area contributed by atoms with Crippen molar-refractivity contribution in [1.82, 2.24) is 0 Å². The topological polar surface area (TPSA) is 52.6 Å². The van der Waals surface area contributed by atoms with E-state index in [4.69, 9.17) is 9.47 Å². The van der Waals surface area contributed by atoms with Crippen LogP contribution in [-0.4, -0.2) is 18.5 Å². The molecule has 0 spiro atoms. The van der Waals surface area contributed by atoms with Crippen LogP contribution in [0.5, 0.6) is 5.75 Å². The lowest BCUT2D eigenvalue weighted by molar-refractivity contribution is -0.138. The summed E-state index contributed by atoms with van der Waals surface area (Å²) >= 11 is 0. The van der Waals surface area contributed by atoms with Gasteiger partial charge in [-0.25, -0.2) is 14.0 Å². The monoisotopic (exact) mass is 444 g/mol. The Kier molecular flexibility index (Phi) is 7.57. The number of esters is 2. The molecule has 0 aliphatic rings. The number of hydrogen-bond acceptors (Lipinski definition) is 4. The van der Waals surface area contributed by atoms with Crippen molar-refractivity contribution in [3.63, 3.8) is 0 Å². The second kappa shape index (κ2) is 10.6. The highest BCUT2D eigenvalue weighted by Gasteiger charge is 2.09. The van der Waals surface area contributed by atoms with E-state index in [1.165, 1.54) is 6.07 Å². The van der Waals surface area contributed by atoms with Crippen molar-refractivity contribution in [3.8, 4) is 28.0 Å². The molecule has 5 heteroatoms. The Balaban J connectivity index is 1.67.